The Morgan fingerprint density at radius 3 is 2.70 bits per heavy atom. The Labute approximate surface area is 137 Å². The number of nitrogens with one attached hydrogen (secondary N) is 1. The van der Waals surface area contributed by atoms with Gasteiger partial charge in [-0.3, -0.25) is 9.78 Å². The first kappa shape index (κ1) is 15.8. The Morgan fingerprint density at radius 2 is 2.00 bits per heavy atom. The van der Waals surface area contributed by atoms with Gasteiger partial charge in [-0.05, 0) is 48.6 Å². The van der Waals surface area contributed by atoms with Gasteiger partial charge < -0.3 is 9.73 Å². The second-order valence-electron chi connectivity index (χ2n) is 6.28. The lowest BCUT2D eigenvalue weighted by molar-refractivity contribution is -0.124. The maximum absolute atomic E-state index is 12.8. The third-order valence-corrected chi connectivity index (χ3v) is 4.72. The monoisotopic (exact) mass is 312 g/mol. The van der Waals surface area contributed by atoms with Crippen molar-refractivity contribution in [2.75, 3.05) is 6.54 Å². The first-order valence-corrected chi connectivity index (χ1v) is 8.54. The summed E-state index contributed by atoms with van der Waals surface area (Å²) >= 11 is 0. The van der Waals surface area contributed by atoms with E-state index in [9.17, 15) is 4.79 Å². The number of hydrogen-bond donors (Lipinski definition) is 1. The first-order chi connectivity index (χ1) is 11.3. The molecule has 1 unspecified atom stereocenters. The summed E-state index contributed by atoms with van der Waals surface area (Å²) in [6, 6.07) is 7.77. The molecule has 1 fully saturated rings. The normalized spacial score (nSPS) is 16.9. The lowest BCUT2D eigenvalue weighted by atomic mass is 9.76. The highest BCUT2D eigenvalue weighted by Gasteiger charge is 2.30. The molecule has 122 valence electrons. The fourth-order valence-corrected chi connectivity index (χ4v) is 3.55. The van der Waals surface area contributed by atoms with E-state index in [-0.39, 0.29) is 11.8 Å². The van der Waals surface area contributed by atoms with Crippen LogP contribution in [0.5, 0.6) is 0 Å². The number of carbonyl (C=O) groups is 1. The Balaban J connectivity index is 1.65. The highest BCUT2D eigenvalue weighted by atomic mass is 16.3. The minimum absolute atomic E-state index is 0.0603. The van der Waals surface area contributed by atoms with Gasteiger partial charge in [0.25, 0.3) is 0 Å². The highest BCUT2D eigenvalue weighted by Crippen LogP contribution is 2.36. The molecule has 0 aliphatic heterocycles. The van der Waals surface area contributed by atoms with Gasteiger partial charge in [0.05, 0.1) is 12.2 Å². The van der Waals surface area contributed by atoms with E-state index in [0.29, 0.717) is 12.5 Å². The van der Waals surface area contributed by atoms with Crippen molar-refractivity contribution >= 4 is 5.91 Å². The molecular formula is C19H24N2O2. The number of nitrogens with zero attached hydrogens (tertiary/aromatic N) is 1. The van der Waals surface area contributed by atoms with Gasteiger partial charge in [-0.15, -0.1) is 0 Å². The van der Waals surface area contributed by atoms with E-state index in [0.717, 1.165) is 30.6 Å². The molecule has 1 aliphatic carbocycles. The average Bonchev–Trinajstić information content (AvgIpc) is 3.10. The van der Waals surface area contributed by atoms with E-state index < -0.39 is 0 Å². The number of furan rings is 1. The maximum atomic E-state index is 12.8. The molecule has 3 rings (SSSR count). The number of amides is 1. The number of rotatable bonds is 6. The van der Waals surface area contributed by atoms with Crippen LogP contribution in [0.25, 0.3) is 0 Å². The summed E-state index contributed by atoms with van der Waals surface area (Å²) in [6.45, 7) is 0.612. The topological polar surface area (TPSA) is 55.1 Å². The molecule has 4 nitrogen and oxygen atoms in total. The molecule has 0 radical (unpaired) electrons. The van der Waals surface area contributed by atoms with Crippen LogP contribution in [0.2, 0.25) is 0 Å². The molecule has 2 aromatic rings. The molecule has 1 atom stereocenters. The van der Waals surface area contributed by atoms with E-state index >= 15 is 0 Å². The van der Waals surface area contributed by atoms with Gasteiger partial charge in [-0.2, -0.15) is 0 Å². The van der Waals surface area contributed by atoms with Gasteiger partial charge in [0.2, 0.25) is 5.91 Å². The Morgan fingerprint density at radius 1 is 1.22 bits per heavy atom. The fourth-order valence-electron chi connectivity index (χ4n) is 3.55. The number of hydrogen-bond acceptors (Lipinski definition) is 3. The van der Waals surface area contributed by atoms with Gasteiger partial charge in [0, 0.05) is 25.4 Å². The van der Waals surface area contributed by atoms with Crippen LogP contribution in [0.4, 0.5) is 0 Å². The molecule has 1 N–H and O–H groups in total. The van der Waals surface area contributed by atoms with Gasteiger partial charge >= 0.3 is 0 Å². The van der Waals surface area contributed by atoms with Crippen molar-refractivity contribution in [3.63, 3.8) is 0 Å². The van der Waals surface area contributed by atoms with E-state index in [4.69, 9.17) is 4.42 Å². The summed E-state index contributed by atoms with van der Waals surface area (Å²) in [5.74, 6) is 1.42. The average molecular weight is 312 g/mol. The molecule has 0 aromatic carbocycles. The SMILES string of the molecule is O=C(NCCc1ccco1)C(c1ccncc1)C1CCCCC1. The summed E-state index contributed by atoms with van der Waals surface area (Å²) < 4.78 is 5.32. The quantitative estimate of drug-likeness (QED) is 0.885. The van der Waals surface area contributed by atoms with Crippen LogP contribution in [0.1, 0.15) is 49.3 Å². The predicted octanol–water partition coefficient (Wildman–Crippen LogP) is 3.70. The lowest BCUT2D eigenvalue weighted by Gasteiger charge is -2.29. The molecule has 2 heterocycles. The number of carbonyl (C=O) groups excluding carboxylic acids is 1. The Hall–Kier alpha value is -2.10. The van der Waals surface area contributed by atoms with Crippen LogP contribution in [0.15, 0.2) is 47.3 Å². The van der Waals surface area contributed by atoms with Crippen molar-refractivity contribution in [3.05, 3.63) is 54.2 Å². The van der Waals surface area contributed by atoms with Gasteiger partial charge in [0.15, 0.2) is 0 Å². The molecule has 2 aromatic heterocycles. The van der Waals surface area contributed by atoms with E-state index in [1.807, 2.05) is 24.3 Å². The van der Waals surface area contributed by atoms with E-state index in [1.165, 1.54) is 19.3 Å². The highest BCUT2D eigenvalue weighted by molar-refractivity contribution is 5.84. The first-order valence-electron chi connectivity index (χ1n) is 8.54. The predicted molar refractivity (Wildman–Crippen MR) is 89.0 cm³/mol. The van der Waals surface area contributed by atoms with E-state index in [1.54, 1.807) is 18.7 Å². The summed E-state index contributed by atoms with van der Waals surface area (Å²) in [5.41, 5.74) is 1.09. The third kappa shape index (κ3) is 4.21. The molecule has 1 saturated carbocycles. The molecule has 23 heavy (non-hydrogen) atoms. The second kappa shape index (κ2) is 7.95. The van der Waals surface area contributed by atoms with Crippen LogP contribution >= 0.6 is 0 Å². The standard InChI is InChI=1S/C19H24N2O2/c22-19(21-13-10-17-7-4-14-23-17)18(15-5-2-1-3-6-15)16-8-11-20-12-9-16/h4,7-9,11-12,14-15,18H,1-3,5-6,10,13H2,(H,21,22). The largest absolute Gasteiger partial charge is 0.469 e. The number of pyridine rings is 1. The van der Waals surface area contributed by atoms with Crippen molar-refractivity contribution in [1.82, 2.24) is 10.3 Å². The molecule has 0 saturated heterocycles. The van der Waals surface area contributed by atoms with Crippen molar-refractivity contribution < 1.29 is 9.21 Å². The van der Waals surface area contributed by atoms with E-state index in [2.05, 4.69) is 10.3 Å². The molecular weight excluding hydrogens is 288 g/mol. The zero-order valence-corrected chi connectivity index (χ0v) is 13.4. The van der Waals surface area contributed by atoms with Gasteiger partial charge in [-0.25, -0.2) is 0 Å². The Kier molecular flexibility index (Phi) is 5.46. The van der Waals surface area contributed by atoms with Crippen molar-refractivity contribution in [2.45, 2.75) is 44.4 Å². The maximum Gasteiger partial charge on any atom is 0.227 e. The van der Waals surface area contributed by atoms with Crippen molar-refractivity contribution in [1.29, 1.82) is 0 Å². The van der Waals surface area contributed by atoms with Crippen LogP contribution in [0, 0.1) is 5.92 Å². The lowest BCUT2D eigenvalue weighted by Crippen LogP contribution is -2.35. The third-order valence-electron chi connectivity index (χ3n) is 4.72. The van der Waals surface area contributed by atoms with Crippen LogP contribution in [-0.4, -0.2) is 17.4 Å². The van der Waals surface area contributed by atoms with Gasteiger partial charge in [0.1, 0.15) is 5.76 Å². The molecule has 1 amide bonds. The van der Waals surface area contributed by atoms with Gasteiger partial charge in [-0.1, -0.05) is 19.3 Å². The van der Waals surface area contributed by atoms with Crippen LogP contribution in [-0.2, 0) is 11.2 Å². The molecule has 4 heteroatoms. The summed E-state index contributed by atoms with van der Waals surface area (Å²) in [7, 11) is 0. The zero-order chi connectivity index (χ0) is 15.9. The van der Waals surface area contributed by atoms with Crippen LogP contribution < -0.4 is 5.32 Å². The molecule has 0 spiro atoms. The van der Waals surface area contributed by atoms with Crippen molar-refractivity contribution in [3.8, 4) is 0 Å². The number of aromatic nitrogens is 1. The molecule has 1 aliphatic rings. The smallest absolute Gasteiger partial charge is 0.227 e. The Bertz CT molecular complexity index is 589. The minimum Gasteiger partial charge on any atom is -0.469 e. The minimum atomic E-state index is -0.0603. The van der Waals surface area contributed by atoms with Crippen LogP contribution in [0.3, 0.4) is 0 Å². The summed E-state index contributed by atoms with van der Waals surface area (Å²) in [5, 5.41) is 3.10. The molecule has 0 bridgehead atoms. The second-order valence-corrected chi connectivity index (χ2v) is 6.28. The fraction of sp³-hybridized carbons (Fsp3) is 0.474. The summed E-state index contributed by atoms with van der Waals surface area (Å²) in [6.07, 6.45) is 12.0. The summed E-state index contributed by atoms with van der Waals surface area (Å²) in [4.78, 5) is 16.9. The van der Waals surface area contributed by atoms with Crippen molar-refractivity contribution in [2.24, 2.45) is 5.92 Å². The zero-order valence-electron chi connectivity index (χ0n) is 13.4.